The third kappa shape index (κ3) is 4.44. The van der Waals surface area contributed by atoms with Crippen molar-refractivity contribution >= 4 is 28.0 Å². The van der Waals surface area contributed by atoms with Gasteiger partial charge < -0.3 is 19.3 Å². The minimum absolute atomic E-state index is 0.0291. The number of imidazole rings is 2. The first-order valence-electron chi connectivity index (χ1n) is 13.7. The lowest BCUT2D eigenvalue weighted by Gasteiger charge is -2.39. The van der Waals surface area contributed by atoms with Gasteiger partial charge in [0, 0.05) is 26.7 Å². The zero-order chi connectivity index (χ0) is 26.4. The largest absolute Gasteiger partial charge is 0.396 e. The number of fused-ring (bicyclic) bond motifs is 2. The molecular weight excluding hydrogens is 480 g/mol. The molecule has 2 aliphatic heterocycles. The first kappa shape index (κ1) is 25.2. The van der Waals surface area contributed by atoms with Gasteiger partial charge in [-0.15, -0.1) is 0 Å². The van der Waals surface area contributed by atoms with Crippen LogP contribution in [0.3, 0.4) is 0 Å². The highest BCUT2D eigenvalue weighted by Crippen LogP contribution is 2.35. The molecule has 0 aliphatic carbocycles. The second-order valence-electron chi connectivity index (χ2n) is 11.4. The van der Waals surface area contributed by atoms with Crippen molar-refractivity contribution in [1.29, 1.82) is 0 Å². The van der Waals surface area contributed by atoms with Crippen molar-refractivity contribution in [2.45, 2.75) is 40.2 Å². The number of nitrogens with zero attached hydrogens (tertiary/aromatic N) is 8. The maximum atomic E-state index is 9.81. The molecular formula is C28H38N8O2. The second kappa shape index (κ2) is 9.91. The number of hydrogen-bond donors (Lipinski definition) is 1. The summed E-state index contributed by atoms with van der Waals surface area (Å²) in [6, 6.07) is 8.11. The summed E-state index contributed by atoms with van der Waals surface area (Å²) >= 11 is 0. The molecule has 2 fully saturated rings. The monoisotopic (exact) mass is 518 g/mol. The molecule has 2 saturated heterocycles. The number of morpholine rings is 1. The lowest BCUT2D eigenvalue weighted by molar-refractivity contribution is 0.0464. The molecule has 0 atom stereocenters. The number of para-hydroxylation sites is 2. The minimum Gasteiger partial charge on any atom is -0.396 e. The molecule has 3 aromatic heterocycles. The van der Waals surface area contributed by atoms with Crippen LogP contribution in [0, 0.1) is 18.3 Å². The number of aliphatic hydroxyl groups is 1. The number of aliphatic hydroxyl groups excluding tert-OH is 1. The summed E-state index contributed by atoms with van der Waals surface area (Å²) < 4.78 is 9.80. The Kier molecular flexibility index (Phi) is 6.57. The molecule has 0 radical (unpaired) electrons. The molecule has 1 N–H and O–H groups in total. The average molecular weight is 519 g/mol. The Labute approximate surface area is 223 Å². The van der Waals surface area contributed by atoms with Crippen molar-refractivity contribution < 1.29 is 9.84 Å². The predicted octanol–water partition coefficient (Wildman–Crippen LogP) is 3.08. The topological polar surface area (TPSA) is 97.4 Å². The Morgan fingerprint density at radius 3 is 2.47 bits per heavy atom. The van der Waals surface area contributed by atoms with E-state index in [0.717, 1.165) is 85.2 Å². The van der Waals surface area contributed by atoms with E-state index in [-0.39, 0.29) is 12.0 Å². The number of hydrogen-bond acceptors (Lipinski definition) is 8. The number of likely N-dealkylation sites (tertiary alicyclic amines) is 1. The van der Waals surface area contributed by atoms with Gasteiger partial charge in [-0.1, -0.05) is 26.0 Å². The van der Waals surface area contributed by atoms with Crippen molar-refractivity contribution in [2.24, 2.45) is 18.4 Å². The maximum absolute atomic E-state index is 9.81. The molecule has 0 bridgehead atoms. The van der Waals surface area contributed by atoms with E-state index in [2.05, 4.69) is 41.3 Å². The van der Waals surface area contributed by atoms with Crippen LogP contribution in [-0.4, -0.2) is 85.1 Å². The Morgan fingerprint density at radius 2 is 1.74 bits per heavy atom. The molecule has 38 heavy (non-hydrogen) atoms. The van der Waals surface area contributed by atoms with E-state index in [0.29, 0.717) is 25.1 Å². The van der Waals surface area contributed by atoms with Crippen molar-refractivity contribution in [3.63, 3.8) is 0 Å². The van der Waals surface area contributed by atoms with Gasteiger partial charge in [-0.2, -0.15) is 9.97 Å². The molecule has 0 amide bonds. The van der Waals surface area contributed by atoms with Gasteiger partial charge >= 0.3 is 0 Å². The zero-order valence-corrected chi connectivity index (χ0v) is 22.9. The number of benzene rings is 1. The Bertz CT molecular complexity index is 1440. The number of aromatic nitrogens is 6. The highest BCUT2D eigenvalue weighted by molar-refractivity contribution is 5.86. The molecule has 6 rings (SSSR count). The van der Waals surface area contributed by atoms with Gasteiger partial charge in [0.25, 0.3) is 0 Å². The van der Waals surface area contributed by atoms with Gasteiger partial charge in [-0.25, -0.2) is 9.97 Å². The highest BCUT2D eigenvalue weighted by Gasteiger charge is 2.32. The van der Waals surface area contributed by atoms with E-state index in [1.165, 1.54) is 0 Å². The van der Waals surface area contributed by atoms with Crippen LogP contribution in [0.25, 0.3) is 28.1 Å². The SMILES string of the molecule is Cc1nc2ccccc2n1-c1nc(N2CCOCC2)c2nc(CN3CCC(C(C)(C)CO)CC3)n(C)c2n1. The molecule has 10 nitrogen and oxygen atoms in total. The first-order chi connectivity index (χ1) is 18.4. The molecule has 0 unspecified atom stereocenters. The molecule has 202 valence electrons. The molecule has 5 heterocycles. The van der Waals surface area contributed by atoms with Gasteiger partial charge in [0.1, 0.15) is 11.6 Å². The molecule has 1 aromatic carbocycles. The first-order valence-corrected chi connectivity index (χ1v) is 13.7. The fourth-order valence-electron chi connectivity index (χ4n) is 5.92. The van der Waals surface area contributed by atoms with Crippen LogP contribution in [0.1, 0.15) is 38.3 Å². The summed E-state index contributed by atoms with van der Waals surface area (Å²) in [4.78, 5) is 24.8. The van der Waals surface area contributed by atoms with Gasteiger partial charge in [-0.05, 0) is 56.3 Å². The standard InChI is InChI=1S/C28H38N8O2/c1-19-29-21-7-5-6-8-22(21)36(19)27-31-25-24(26(32-27)35-13-15-38-16-14-35)30-23(33(25)4)17-34-11-9-20(10-12-34)28(2,3)18-37/h5-8,20,37H,9-18H2,1-4H3. The van der Waals surface area contributed by atoms with Crippen LogP contribution < -0.4 is 4.90 Å². The fraction of sp³-hybridized carbons (Fsp3) is 0.571. The quantitative estimate of drug-likeness (QED) is 0.416. The van der Waals surface area contributed by atoms with Crippen LogP contribution in [0.5, 0.6) is 0 Å². The lowest BCUT2D eigenvalue weighted by Crippen LogP contribution is -2.40. The molecule has 0 saturated carbocycles. The van der Waals surface area contributed by atoms with Crippen LogP contribution in [0.15, 0.2) is 24.3 Å². The number of anilines is 1. The highest BCUT2D eigenvalue weighted by atomic mass is 16.5. The summed E-state index contributed by atoms with van der Waals surface area (Å²) in [7, 11) is 2.06. The van der Waals surface area contributed by atoms with Crippen molar-refractivity contribution in [1.82, 2.24) is 34.0 Å². The van der Waals surface area contributed by atoms with E-state index >= 15 is 0 Å². The van der Waals surface area contributed by atoms with E-state index in [4.69, 9.17) is 24.7 Å². The summed E-state index contributed by atoms with van der Waals surface area (Å²) in [5, 5.41) is 9.81. The van der Waals surface area contributed by atoms with E-state index in [9.17, 15) is 5.11 Å². The van der Waals surface area contributed by atoms with Crippen LogP contribution in [0.2, 0.25) is 0 Å². The summed E-state index contributed by atoms with van der Waals surface area (Å²) in [6.07, 6.45) is 2.18. The van der Waals surface area contributed by atoms with Crippen molar-refractivity contribution in [3.05, 3.63) is 35.9 Å². The normalized spacial score (nSPS) is 18.2. The number of piperidine rings is 1. The Morgan fingerprint density at radius 1 is 1.00 bits per heavy atom. The van der Waals surface area contributed by atoms with E-state index in [1.807, 2.05) is 29.7 Å². The number of rotatable bonds is 6. The number of aryl methyl sites for hydroxylation is 2. The van der Waals surface area contributed by atoms with Crippen LogP contribution in [-0.2, 0) is 18.3 Å². The number of ether oxygens (including phenoxy) is 1. The fourth-order valence-corrected chi connectivity index (χ4v) is 5.92. The van der Waals surface area contributed by atoms with E-state index < -0.39 is 0 Å². The maximum Gasteiger partial charge on any atom is 0.239 e. The third-order valence-electron chi connectivity index (χ3n) is 8.49. The smallest absolute Gasteiger partial charge is 0.239 e. The van der Waals surface area contributed by atoms with Crippen molar-refractivity contribution in [3.8, 4) is 5.95 Å². The average Bonchev–Trinajstić information content (AvgIpc) is 3.44. The predicted molar refractivity (Wildman–Crippen MR) is 148 cm³/mol. The summed E-state index contributed by atoms with van der Waals surface area (Å²) in [5.41, 5.74) is 3.57. The summed E-state index contributed by atoms with van der Waals surface area (Å²) in [5.74, 6) is 3.86. The van der Waals surface area contributed by atoms with Gasteiger partial charge in [0.05, 0.1) is 30.8 Å². The molecule has 10 heteroatoms. The molecule has 4 aromatic rings. The Balaban J connectivity index is 1.38. The lowest BCUT2D eigenvalue weighted by atomic mass is 9.74. The Hall–Kier alpha value is -3.08. The van der Waals surface area contributed by atoms with E-state index in [1.54, 1.807) is 0 Å². The van der Waals surface area contributed by atoms with Gasteiger partial charge in [-0.3, -0.25) is 9.47 Å². The van der Waals surface area contributed by atoms with Gasteiger partial charge in [0.2, 0.25) is 5.95 Å². The minimum atomic E-state index is -0.0291. The van der Waals surface area contributed by atoms with Crippen molar-refractivity contribution in [2.75, 3.05) is 50.9 Å². The van der Waals surface area contributed by atoms with Crippen LogP contribution in [0.4, 0.5) is 5.82 Å². The third-order valence-corrected chi connectivity index (χ3v) is 8.49. The molecule has 2 aliphatic rings. The van der Waals surface area contributed by atoms with Crippen LogP contribution >= 0.6 is 0 Å². The zero-order valence-electron chi connectivity index (χ0n) is 22.9. The summed E-state index contributed by atoms with van der Waals surface area (Å²) in [6.45, 7) is 12.3. The van der Waals surface area contributed by atoms with Gasteiger partial charge in [0.15, 0.2) is 17.0 Å². The second-order valence-corrected chi connectivity index (χ2v) is 11.4. The molecule has 0 spiro atoms.